The number of benzene rings is 1. The van der Waals surface area contributed by atoms with Crippen LogP contribution in [0.25, 0.3) is 0 Å². The monoisotopic (exact) mass is 334 g/mol. The minimum absolute atomic E-state index is 0.0497. The molecule has 2 atom stereocenters. The lowest BCUT2D eigenvalue weighted by molar-refractivity contribution is -0.269. The number of hydrogen-bond donors (Lipinski definition) is 1. The zero-order valence-corrected chi connectivity index (χ0v) is 14.4. The molecule has 5 nitrogen and oxygen atoms in total. The van der Waals surface area contributed by atoms with Gasteiger partial charge in [0.1, 0.15) is 0 Å². The molecule has 24 heavy (non-hydrogen) atoms. The molecule has 5 heteroatoms. The lowest BCUT2D eigenvalue weighted by Crippen LogP contribution is -2.55. The largest absolute Gasteiger partial charge is 0.384 e. The van der Waals surface area contributed by atoms with E-state index in [1.807, 2.05) is 12.1 Å². The molecule has 2 unspecified atom stereocenters. The minimum atomic E-state index is -0.828. The fourth-order valence-electron chi connectivity index (χ4n) is 4.68. The fraction of sp³-hybridized carbons (Fsp3) is 0.684. The Balaban J connectivity index is 1.67. The molecule has 0 amide bonds. The van der Waals surface area contributed by atoms with Crippen LogP contribution < -0.4 is 0 Å². The van der Waals surface area contributed by atoms with Crippen LogP contribution in [0.4, 0.5) is 0 Å². The van der Waals surface area contributed by atoms with Crippen molar-refractivity contribution in [1.82, 2.24) is 0 Å². The first-order valence-electron chi connectivity index (χ1n) is 8.83. The second-order valence-electron chi connectivity index (χ2n) is 7.11. The number of fused-ring (bicyclic) bond motifs is 4. The van der Waals surface area contributed by atoms with E-state index >= 15 is 0 Å². The molecule has 2 aliphatic carbocycles. The van der Waals surface area contributed by atoms with Gasteiger partial charge < -0.3 is 24.1 Å². The highest BCUT2D eigenvalue weighted by atomic mass is 16.7. The average Bonchev–Trinajstić information content (AvgIpc) is 2.84. The summed E-state index contributed by atoms with van der Waals surface area (Å²) >= 11 is 0. The lowest BCUT2D eigenvalue weighted by atomic mass is 9.55. The van der Waals surface area contributed by atoms with Crippen molar-refractivity contribution in [3.8, 4) is 0 Å². The fourth-order valence-corrected chi connectivity index (χ4v) is 4.68. The second-order valence-corrected chi connectivity index (χ2v) is 7.11. The van der Waals surface area contributed by atoms with Crippen molar-refractivity contribution in [2.45, 2.75) is 55.7 Å². The molecule has 3 aliphatic rings. The number of rotatable bonds is 3. The number of ether oxygens (including phenoxy) is 4. The smallest absolute Gasteiger partial charge is 0.183 e. The van der Waals surface area contributed by atoms with E-state index in [0.29, 0.717) is 12.8 Å². The summed E-state index contributed by atoms with van der Waals surface area (Å²) in [5.74, 6) is -0.475. The van der Waals surface area contributed by atoms with E-state index in [2.05, 4.69) is 6.07 Å². The molecule has 1 saturated carbocycles. The Hall–Kier alpha value is -0.980. The van der Waals surface area contributed by atoms with Crippen molar-refractivity contribution in [1.29, 1.82) is 0 Å². The maximum Gasteiger partial charge on any atom is 0.183 e. The van der Waals surface area contributed by atoms with Crippen LogP contribution in [-0.4, -0.2) is 38.3 Å². The molecule has 1 aromatic carbocycles. The summed E-state index contributed by atoms with van der Waals surface area (Å²) in [5, 5.41) is 11.4. The first-order chi connectivity index (χ1) is 11.6. The van der Waals surface area contributed by atoms with Gasteiger partial charge in [-0.05, 0) is 30.4 Å². The Labute approximate surface area is 142 Å². The predicted octanol–water partition coefficient (Wildman–Crippen LogP) is 2.97. The molecule has 0 bridgehead atoms. The van der Waals surface area contributed by atoms with Gasteiger partial charge in [0.2, 0.25) is 0 Å². The highest BCUT2D eigenvalue weighted by molar-refractivity contribution is 5.53. The molecule has 0 aromatic heterocycles. The molecule has 1 aliphatic heterocycles. The van der Waals surface area contributed by atoms with Gasteiger partial charge in [0.05, 0.1) is 18.8 Å². The SMILES string of the molecule is COC(OC)c1cccc2c1C1(O)CCC3(CC21)OCCCCO3. The number of hydrogen-bond acceptors (Lipinski definition) is 5. The molecule has 1 aromatic rings. The Bertz CT molecular complexity index is 604. The Kier molecular flexibility index (Phi) is 4.17. The molecule has 132 valence electrons. The number of aliphatic hydroxyl groups is 1. The molecular weight excluding hydrogens is 308 g/mol. The van der Waals surface area contributed by atoms with E-state index in [-0.39, 0.29) is 5.92 Å². The summed E-state index contributed by atoms with van der Waals surface area (Å²) in [7, 11) is 3.24. The van der Waals surface area contributed by atoms with Gasteiger partial charge in [-0.1, -0.05) is 18.2 Å². The molecule has 2 fully saturated rings. The highest BCUT2D eigenvalue weighted by Gasteiger charge is 2.59. The van der Waals surface area contributed by atoms with Crippen LogP contribution in [0.3, 0.4) is 0 Å². The average molecular weight is 334 g/mol. The van der Waals surface area contributed by atoms with Gasteiger partial charge in [-0.2, -0.15) is 0 Å². The van der Waals surface area contributed by atoms with Gasteiger partial charge in [0.15, 0.2) is 12.1 Å². The van der Waals surface area contributed by atoms with Gasteiger partial charge in [-0.25, -0.2) is 0 Å². The van der Waals surface area contributed by atoms with E-state index in [1.54, 1.807) is 14.2 Å². The van der Waals surface area contributed by atoms with Crippen molar-refractivity contribution in [3.63, 3.8) is 0 Å². The molecule has 1 N–H and O–H groups in total. The quantitative estimate of drug-likeness (QED) is 0.861. The number of methoxy groups -OCH3 is 2. The van der Waals surface area contributed by atoms with E-state index in [0.717, 1.165) is 43.6 Å². The van der Waals surface area contributed by atoms with Crippen LogP contribution in [0.2, 0.25) is 0 Å². The normalized spacial score (nSPS) is 31.2. The van der Waals surface area contributed by atoms with Crippen LogP contribution in [0.5, 0.6) is 0 Å². The van der Waals surface area contributed by atoms with E-state index in [4.69, 9.17) is 18.9 Å². The molecule has 1 spiro atoms. The van der Waals surface area contributed by atoms with E-state index in [1.165, 1.54) is 5.56 Å². The standard InChI is InChI=1S/C19H26O5/c1-21-17(22-2)14-7-5-6-13-15-12-18(23-10-3-4-11-24-18)8-9-19(15,20)16(13)14/h5-7,15,17,20H,3-4,8-12H2,1-2H3. The maximum absolute atomic E-state index is 11.4. The minimum Gasteiger partial charge on any atom is -0.384 e. The second kappa shape index (κ2) is 6.07. The molecular formula is C19H26O5. The summed E-state index contributed by atoms with van der Waals surface area (Å²) in [5.41, 5.74) is 2.25. The van der Waals surface area contributed by atoms with Gasteiger partial charge >= 0.3 is 0 Å². The third kappa shape index (κ3) is 2.34. The maximum atomic E-state index is 11.4. The van der Waals surface area contributed by atoms with Crippen LogP contribution in [-0.2, 0) is 24.5 Å². The Morgan fingerprint density at radius 3 is 2.50 bits per heavy atom. The molecule has 1 heterocycles. The van der Waals surface area contributed by atoms with Gasteiger partial charge in [-0.3, -0.25) is 0 Å². The molecule has 4 rings (SSSR count). The predicted molar refractivity (Wildman–Crippen MR) is 87.6 cm³/mol. The van der Waals surface area contributed by atoms with Gasteiger partial charge in [0.25, 0.3) is 0 Å². The van der Waals surface area contributed by atoms with Crippen LogP contribution >= 0.6 is 0 Å². The summed E-state index contributed by atoms with van der Waals surface area (Å²) in [6.45, 7) is 1.49. The summed E-state index contributed by atoms with van der Waals surface area (Å²) in [4.78, 5) is 0. The molecule has 1 saturated heterocycles. The zero-order chi connectivity index (χ0) is 16.8. The van der Waals surface area contributed by atoms with Crippen molar-refractivity contribution in [3.05, 3.63) is 34.9 Å². The lowest BCUT2D eigenvalue weighted by Gasteiger charge is -2.56. The Morgan fingerprint density at radius 1 is 1.12 bits per heavy atom. The Morgan fingerprint density at radius 2 is 1.83 bits per heavy atom. The van der Waals surface area contributed by atoms with E-state index < -0.39 is 17.7 Å². The first kappa shape index (κ1) is 16.5. The highest BCUT2D eigenvalue weighted by Crippen LogP contribution is 2.62. The van der Waals surface area contributed by atoms with Crippen LogP contribution in [0.1, 0.15) is 61.0 Å². The molecule has 0 radical (unpaired) electrons. The van der Waals surface area contributed by atoms with E-state index in [9.17, 15) is 5.11 Å². The van der Waals surface area contributed by atoms with Crippen LogP contribution in [0.15, 0.2) is 18.2 Å². The van der Waals surface area contributed by atoms with Crippen LogP contribution in [0, 0.1) is 0 Å². The van der Waals surface area contributed by atoms with Gasteiger partial charge in [0, 0.05) is 38.5 Å². The van der Waals surface area contributed by atoms with Crippen molar-refractivity contribution < 1.29 is 24.1 Å². The third-order valence-corrected chi connectivity index (χ3v) is 5.87. The summed E-state index contributed by atoms with van der Waals surface area (Å²) in [6, 6.07) is 6.08. The first-order valence-corrected chi connectivity index (χ1v) is 8.83. The summed E-state index contributed by atoms with van der Waals surface area (Å²) < 4.78 is 23.0. The van der Waals surface area contributed by atoms with Gasteiger partial charge in [-0.15, -0.1) is 0 Å². The van der Waals surface area contributed by atoms with Crippen molar-refractivity contribution in [2.24, 2.45) is 0 Å². The topological polar surface area (TPSA) is 57.2 Å². The summed E-state index contributed by atoms with van der Waals surface area (Å²) in [6.07, 6.45) is 3.71. The third-order valence-electron chi connectivity index (χ3n) is 5.87. The van der Waals surface area contributed by atoms with Crippen molar-refractivity contribution >= 4 is 0 Å². The van der Waals surface area contributed by atoms with Crippen molar-refractivity contribution in [2.75, 3.05) is 27.4 Å². The zero-order valence-electron chi connectivity index (χ0n) is 14.4.